The van der Waals surface area contributed by atoms with Gasteiger partial charge < -0.3 is 15.0 Å². The van der Waals surface area contributed by atoms with Gasteiger partial charge in [0.05, 0.1) is 19.2 Å². The number of nitrogens with zero attached hydrogens (tertiary/aromatic N) is 1. The van der Waals surface area contributed by atoms with Crippen LogP contribution in [0.15, 0.2) is 40.3 Å². The maximum atomic E-state index is 12.4. The summed E-state index contributed by atoms with van der Waals surface area (Å²) in [6.07, 6.45) is 7.03. The van der Waals surface area contributed by atoms with Crippen molar-refractivity contribution in [1.29, 1.82) is 0 Å². The molecule has 0 saturated heterocycles. The molecular formula is C21H27N3O3S. The summed E-state index contributed by atoms with van der Waals surface area (Å²) in [6.45, 7) is 0. The first kappa shape index (κ1) is 20.5. The monoisotopic (exact) mass is 401 g/mol. The Kier molecular flexibility index (Phi) is 7.54. The average Bonchev–Trinajstić information content (AvgIpc) is 2.94. The topological polar surface area (TPSA) is 84.1 Å². The predicted molar refractivity (Wildman–Crippen MR) is 111 cm³/mol. The van der Waals surface area contributed by atoms with Gasteiger partial charge in [0.1, 0.15) is 5.75 Å². The molecule has 0 aliphatic heterocycles. The van der Waals surface area contributed by atoms with Crippen LogP contribution in [0.25, 0.3) is 0 Å². The molecule has 1 aromatic carbocycles. The van der Waals surface area contributed by atoms with Crippen LogP contribution in [0.2, 0.25) is 0 Å². The highest BCUT2D eigenvalue weighted by molar-refractivity contribution is 7.98. The van der Waals surface area contributed by atoms with Gasteiger partial charge in [-0.2, -0.15) is 0 Å². The maximum absolute atomic E-state index is 12.4. The van der Waals surface area contributed by atoms with E-state index < -0.39 is 0 Å². The van der Waals surface area contributed by atoms with Crippen molar-refractivity contribution >= 4 is 17.7 Å². The Morgan fingerprint density at radius 3 is 2.79 bits per heavy atom. The number of hydrogen-bond donors (Lipinski definition) is 2. The van der Waals surface area contributed by atoms with Crippen molar-refractivity contribution in [2.24, 2.45) is 0 Å². The molecule has 2 aromatic rings. The highest BCUT2D eigenvalue weighted by Crippen LogP contribution is 2.22. The molecule has 3 rings (SSSR count). The van der Waals surface area contributed by atoms with Crippen LogP contribution in [0.3, 0.4) is 0 Å². The van der Waals surface area contributed by atoms with Crippen LogP contribution in [-0.4, -0.2) is 29.0 Å². The highest BCUT2D eigenvalue weighted by atomic mass is 32.2. The molecule has 0 bridgehead atoms. The summed E-state index contributed by atoms with van der Waals surface area (Å²) in [5.41, 5.74) is 1.34. The Bertz CT molecular complexity index is 845. The van der Waals surface area contributed by atoms with Gasteiger partial charge >= 0.3 is 0 Å². The zero-order chi connectivity index (χ0) is 19.8. The number of nitrogens with one attached hydrogen (secondary N) is 2. The number of benzene rings is 1. The molecule has 1 heterocycles. The SMILES string of the molecule is COc1cccc(CSc2nc(CC(=O)NC3CCCCCC3)cc(=O)[nH]2)c1. The largest absolute Gasteiger partial charge is 0.497 e. The lowest BCUT2D eigenvalue weighted by atomic mass is 10.1. The Labute approximate surface area is 169 Å². The first-order valence-corrected chi connectivity index (χ1v) is 10.8. The molecule has 1 aliphatic carbocycles. The van der Waals surface area contributed by atoms with Crippen LogP contribution in [0.4, 0.5) is 0 Å². The summed E-state index contributed by atoms with van der Waals surface area (Å²) in [5, 5.41) is 3.63. The molecule has 1 amide bonds. The fourth-order valence-corrected chi connectivity index (χ4v) is 4.26. The van der Waals surface area contributed by atoms with Gasteiger partial charge in [-0.1, -0.05) is 49.6 Å². The van der Waals surface area contributed by atoms with Gasteiger partial charge in [-0.05, 0) is 30.5 Å². The van der Waals surface area contributed by atoms with Crippen molar-refractivity contribution < 1.29 is 9.53 Å². The summed E-state index contributed by atoms with van der Waals surface area (Å²) in [6, 6.07) is 9.43. The van der Waals surface area contributed by atoms with Gasteiger partial charge in [0.25, 0.3) is 5.56 Å². The van der Waals surface area contributed by atoms with Gasteiger partial charge in [-0.25, -0.2) is 4.98 Å². The van der Waals surface area contributed by atoms with Crippen molar-refractivity contribution in [3.8, 4) is 5.75 Å². The number of rotatable bonds is 7. The Balaban J connectivity index is 1.59. The third kappa shape index (κ3) is 6.41. The van der Waals surface area contributed by atoms with Crippen molar-refractivity contribution in [2.75, 3.05) is 7.11 Å². The van der Waals surface area contributed by atoms with E-state index in [0.29, 0.717) is 16.6 Å². The number of aromatic nitrogens is 2. The third-order valence-electron chi connectivity index (χ3n) is 4.84. The highest BCUT2D eigenvalue weighted by Gasteiger charge is 2.16. The zero-order valence-corrected chi connectivity index (χ0v) is 17.0. The van der Waals surface area contributed by atoms with Crippen LogP contribution in [0, 0.1) is 0 Å². The van der Waals surface area contributed by atoms with Gasteiger partial charge in [0.2, 0.25) is 5.91 Å². The second-order valence-electron chi connectivity index (χ2n) is 7.11. The zero-order valence-electron chi connectivity index (χ0n) is 16.2. The Morgan fingerprint density at radius 2 is 2.04 bits per heavy atom. The van der Waals surface area contributed by atoms with Crippen LogP contribution in [0.1, 0.15) is 49.8 Å². The number of aromatic amines is 1. The van der Waals surface area contributed by atoms with E-state index in [0.717, 1.165) is 24.2 Å². The minimum atomic E-state index is -0.236. The first-order chi connectivity index (χ1) is 13.6. The second kappa shape index (κ2) is 10.3. The van der Waals surface area contributed by atoms with Gasteiger partial charge in [-0.15, -0.1) is 0 Å². The molecule has 6 nitrogen and oxygen atoms in total. The van der Waals surface area contributed by atoms with E-state index in [-0.39, 0.29) is 23.9 Å². The number of methoxy groups -OCH3 is 1. The Morgan fingerprint density at radius 1 is 1.25 bits per heavy atom. The molecule has 7 heteroatoms. The number of hydrogen-bond acceptors (Lipinski definition) is 5. The van der Waals surface area contributed by atoms with Crippen LogP contribution in [-0.2, 0) is 17.0 Å². The molecule has 1 aromatic heterocycles. The lowest BCUT2D eigenvalue weighted by Crippen LogP contribution is -2.35. The molecule has 0 unspecified atom stereocenters. The third-order valence-corrected chi connectivity index (χ3v) is 5.79. The second-order valence-corrected chi connectivity index (χ2v) is 8.08. The Hall–Kier alpha value is -2.28. The minimum Gasteiger partial charge on any atom is -0.497 e. The average molecular weight is 402 g/mol. The van der Waals surface area contributed by atoms with E-state index in [2.05, 4.69) is 15.3 Å². The van der Waals surface area contributed by atoms with Gasteiger partial charge in [0.15, 0.2) is 5.16 Å². The molecule has 0 spiro atoms. The van der Waals surface area contributed by atoms with Crippen LogP contribution >= 0.6 is 11.8 Å². The smallest absolute Gasteiger partial charge is 0.251 e. The predicted octanol–water partition coefficient (Wildman–Crippen LogP) is 3.45. The first-order valence-electron chi connectivity index (χ1n) is 9.78. The van der Waals surface area contributed by atoms with E-state index in [1.54, 1.807) is 7.11 Å². The molecule has 28 heavy (non-hydrogen) atoms. The summed E-state index contributed by atoms with van der Waals surface area (Å²) in [5.74, 6) is 1.38. The summed E-state index contributed by atoms with van der Waals surface area (Å²) in [4.78, 5) is 31.6. The summed E-state index contributed by atoms with van der Waals surface area (Å²) in [7, 11) is 1.63. The molecule has 150 valence electrons. The number of carbonyl (C=O) groups excluding carboxylic acids is 1. The van der Waals surface area contributed by atoms with Crippen molar-refractivity contribution in [3.63, 3.8) is 0 Å². The normalized spacial score (nSPS) is 15.0. The molecule has 1 fully saturated rings. The summed E-state index contributed by atoms with van der Waals surface area (Å²) >= 11 is 1.43. The number of ether oxygens (including phenoxy) is 1. The van der Waals surface area contributed by atoms with Gasteiger partial charge in [-0.3, -0.25) is 9.59 Å². The number of thioether (sulfide) groups is 1. The fraction of sp³-hybridized carbons (Fsp3) is 0.476. The van der Waals surface area contributed by atoms with Crippen molar-refractivity contribution in [2.45, 2.75) is 61.9 Å². The standard InChI is InChI=1S/C21H27N3O3S/c1-27-18-10-6-7-15(11-18)14-28-21-23-17(13-20(26)24-21)12-19(25)22-16-8-4-2-3-5-9-16/h6-7,10-11,13,16H,2-5,8-9,12,14H2,1H3,(H,22,25)(H,23,24,26). The van der Waals surface area contributed by atoms with E-state index in [4.69, 9.17) is 4.74 Å². The van der Waals surface area contributed by atoms with E-state index in [1.807, 2.05) is 24.3 Å². The van der Waals surface area contributed by atoms with Crippen LogP contribution in [0.5, 0.6) is 5.75 Å². The summed E-state index contributed by atoms with van der Waals surface area (Å²) < 4.78 is 5.23. The van der Waals surface area contributed by atoms with E-state index >= 15 is 0 Å². The molecule has 2 N–H and O–H groups in total. The minimum absolute atomic E-state index is 0.0613. The van der Waals surface area contributed by atoms with E-state index in [1.165, 1.54) is 43.5 Å². The lowest BCUT2D eigenvalue weighted by molar-refractivity contribution is -0.121. The quantitative estimate of drug-likeness (QED) is 0.422. The van der Waals surface area contributed by atoms with Gasteiger partial charge in [0, 0.05) is 17.9 Å². The van der Waals surface area contributed by atoms with E-state index in [9.17, 15) is 9.59 Å². The molecule has 0 radical (unpaired) electrons. The molecule has 0 atom stereocenters. The molecule has 1 aliphatic rings. The number of carbonyl (C=O) groups is 1. The molecule has 1 saturated carbocycles. The number of H-pyrrole nitrogens is 1. The molecular weight excluding hydrogens is 374 g/mol. The van der Waals surface area contributed by atoms with Crippen LogP contribution < -0.4 is 15.6 Å². The van der Waals surface area contributed by atoms with Crippen molar-refractivity contribution in [3.05, 3.63) is 51.9 Å². The fourth-order valence-electron chi connectivity index (χ4n) is 3.42. The van der Waals surface area contributed by atoms with Crippen molar-refractivity contribution in [1.82, 2.24) is 15.3 Å². The number of amides is 1. The maximum Gasteiger partial charge on any atom is 0.251 e. The lowest BCUT2D eigenvalue weighted by Gasteiger charge is -2.16.